The maximum Gasteiger partial charge on any atom is 0.166 e. The fourth-order valence-electron chi connectivity index (χ4n) is 3.16. The molecule has 0 aliphatic carbocycles. The van der Waals surface area contributed by atoms with Gasteiger partial charge in [0, 0.05) is 28.8 Å². The van der Waals surface area contributed by atoms with E-state index in [1.54, 1.807) is 24.2 Å². The molecule has 0 spiro atoms. The lowest BCUT2D eigenvalue weighted by Gasteiger charge is -2.18. The van der Waals surface area contributed by atoms with Crippen molar-refractivity contribution < 1.29 is 5.11 Å². The minimum Gasteiger partial charge on any atom is -0.384 e. The van der Waals surface area contributed by atoms with Gasteiger partial charge in [0.25, 0.3) is 0 Å². The number of nitrogens with one attached hydrogen (secondary N) is 2. The molecule has 2 atom stereocenters. The summed E-state index contributed by atoms with van der Waals surface area (Å²) in [5, 5.41) is 11.4. The molecule has 5 nitrogen and oxygen atoms in total. The van der Waals surface area contributed by atoms with Crippen LogP contribution in [0.2, 0.25) is 0 Å². The average molecular weight is 391 g/mol. The molecule has 2 unspecified atom stereocenters. The molecule has 0 saturated heterocycles. The van der Waals surface area contributed by atoms with Crippen LogP contribution < -0.4 is 0 Å². The quantitative estimate of drug-likeness (QED) is 0.385. The molecule has 0 fully saturated rings. The number of aliphatic hydroxyl groups excluding tert-OH is 1. The second-order valence-corrected chi connectivity index (χ2v) is 7.71. The van der Waals surface area contributed by atoms with Crippen LogP contribution in [-0.2, 0) is 0 Å². The third-order valence-corrected chi connectivity index (χ3v) is 5.92. The zero-order chi connectivity index (χ0) is 19.3. The first-order valence-electron chi connectivity index (χ1n) is 9.31. The minimum absolute atomic E-state index is 0.0652. The molecule has 0 aliphatic heterocycles. The Kier molecular flexibility index (Phi) is 5.60. The lowest BCUT2D eigenvalue weighted by molar-refractivity contribution is 0.164. The van der Waals surface area contributed by atoms with Gasteiger partial charge in [0.1, 0.15) is 11.9 Å². The van der Waals surface area contributed by atoms with Crippen molar-refractivity contribution in [1.29, 1.82) is 0 Å². The van der Waals surface area contributed by atoms with Crippen molar-refractivity contribution >= 4 is 11.8 Å². The molecule has 2 heterocycles. The first kappa shape index (κ1) is 18.5. The van der Waals surface area contributed by atoms with Crippen molar-refractivity contribution in [2.45, 2.75) is 29.9 Å². The van der Waals surface area contributed by atoms with E-state index in [0.717, 1.165) is 34.1 Å². The Morgan fingerprint density at radius 3 is 2.29 bits per heavy atom. The van der Waals surface area contributed by atoms with E-state index in [2.05, 4.69) is 46.1 Å². The first-order valence-corrected chi connectivity index (χ1v) is 10.2. The maximum atomic E-state index is 10.7. The molecule has 0 amide bonds. The Labute approximate surface area is 168 Å². The van der Waals surface area contributed by atoms with Gasteiger partial charge in [-0.15, -0.1) is 0 Å². The third kappa shape index (κ3) is 3.88. The second kappa shape index (κ2) is 8.46. The molecule has 0 saturated carbocycles. The zero-order valence-electron chi connectivity index (χ0n) is 15.5. The van der Waals surface area contributed by atoms with Crippen LogP contribution in [0.15, 0.2) is 78.2 Å². The molecule has 0 radical (unpaired) electrons. The summed E-state index contributed by atoms with van der Waals surface area (Å²) in [5.41, 5.74) is 4.04. The van der Waals surface area contributed by atoms with Crippen LogP contribution in [0.1, 0.15) is 25.3 Å². The third-order valence-electron chi connectivity index (χ3n) is 4.61. The predicted molar refractivity (Wildman–Crippen MR) is 113 cm³/mol. The Balaban J connectivity index is 1.69. The molecule has 142 valence electrons. The van der Waals surface area contributed by atoms with E-state index in [0.29, 0.717) is 5.82 Å². The fraction of sp³-hybridized carbons (Fsp3) is 0.182. The number of benzene rings is 2. The zero-order valence-corrected chi connectivity index (χ0v) is 16.4. The largest absolute Gasteiger partial charge is 0.384 e. The minimum atomic E-state index is -0.685. The predicted octanol–water partition coefficient (Wildman–Crippen LogP) is 5.07. The van der Waals surface area contributed by atoms with Crippen LogP contribution >= 0.6 is 11.8 Å². The van der Waals surface area contributed by atoms with Crippen molar-refractivity contribution in [2.24, 2.45) is 0 Å². The topological polar surface area (TPSA) is 77.6 Å². The van der Waals surface area contributed by atoms with E-state index >= 15 is 0 Å². The molecule has 3 N–H and O–H groups in total. The Morgan fingerprint density at radius 1 is 1.00 bits per heavy atom. The van der Waals surface area contributed by atoms with Gasteiger partial charge in [-0.25, -0.2) is 9.97 Å². The van der Waals surface area contributed by atoms with Crippen LogP contribution in [0, 0.1) is 0 Å². The molecule has 0 aliphatic rings. The van der Waals surface area contributed by atoms with Gasteiger partial charge in [0.15, 0.2) is 5.16 Å². The number of H-pyrrole nitrogens is 2. The highest BCUT2D eigenvalue weighted by Gasteiger charge is 2.25. The number of imidazole rings is 2. The number of rotatable bonds is 7. The van der Waals surface area contributed by atoms with Gasteiger partial charge >= 0.3 is 0 Å². The van der Waals surface area contributed by atoms with E-state index in [9.17, 15) is 5.11 Å². The number of aliphatic hydroxyl groups is 1. The monoisotopic (exact) mass is 390 g/mol. The van der Waals surface area contributed by atoms with Crippen LogP contribution in [-0.4, -0.2) is 30.3 Å². The van der Waals surface area contributed by atoms with Gasteiger partial charge in [-0.3, -0.25) is 0 Å². The number of aromatic nitrogens is 4. The summed E-state index contributed by atoms with van der Waals surface area (Å²) in [7, 11) is 0. The van der Waals surface area contributed by atoms with Crippen LogP contribution in [0.4, 0.5) is 0 Å². The summed E-state index contributed by atoms with van der Waals surface area (Å²) >= 11 is 1.54. The molecule has 28 heavy (non-hydrogen) atoms. The van der Waals surface area contributed by atoms with Crippen molar-refractivity contribution in [1.82, 2.24) is 19.9 Å². The van der Waals surface area contributed by atoms with Gasteiger partial charge in [-0.1, -0.05) is 79.3 Å². The van der Waals surface area contributed by atoms with E-state index in [1.807, 2.05) is 36.4 Å². The molecular formula is C22H22N4OS. The summed E-state index contributed by atoms with van der Waals surface area (Å²) in [4.78, 5) is 15.5. The number of hydrogen-bond acceptors (Lipinski definition) is 4. The highest BCUT2D eigenvalue weighted by atomic mass is 32.2. The lowest BCUT2D eigenvalue weighted by Crippen LogP contribution is -2.15. The number of aromatic amines is 2. The average Bonchev–Trinajstić information content (AvgIpc) is 3.43. The second-order valence-electron chi connectivity index (χ2n) is 6.48. The normalized spacial score (nSPS) is 13.4. The summed E-state index contributed by atoms with van der Waals surface area (Å²) < 4.78 is 0. The molecule has 2 aromatic heterocycles. The summed E-state index contributed by atoms with van der Waals surface area (Å²) in [6.07, 6.45) is 3.48. The molecule has 4 rings (SSSR count). The Bertz CT molecular complexity index is 943. The van der Waals surface area contributed by atoms with Gasteiger partial charge < -0.3 is 15.1 Å². The van der Waals surface area contributed by atoms with E-state index < -0.39 is 6.10 Å². The lowest BCUT2D eigenvalue weighted by atomic mass is 10.1. The van der Waals surface area contributed by atoms with E-state index in [-0.39, 0.29) is 5.25 Å². The van der Waals surface area contributed by atoms with Gasteiger partial charge in [0.2, 0.25) is 0 Å². The molecule has 4 aromatic rings. The van der Waals surface area contributed by atoms with Crippen LogP contribution in [0.5, 0.6) is 0 Å². The SMILES string of the molecule is CCC(Sc1nc(-c2ccccc2)c(-c2ccccc2)[nH]1)C(O)c1ncc[nH]1. The van der Waals surface area contributed by atoms with Crippen LogP contribution in [0.3, 0.4) is 0 Å². The number of nitrogens with zero attached hydrogens (tertiary/aromatic N) is 2. The van der Waals surface area contributed by atoms with Crippen molar-refractivity contribution in [3.05, 3.63) is 78.9 Å². The smallest absolute Gasteiger partial charge is 0.166 e. The molecular weight excluding hydrogens is 368 g/mol. The number of thioether (sulfide) groups is 1. The summed E-state index contributed by atoms with van der Waals surface area (Å²) in [5.74, 6) is 0.581. The van der Waals surface area contributed by atoms with Gasteiger partial charge in [-0.2, -0.15) is 0 Å². The Hall–Kier alpha value is -2.83. The van der Waals surface area contributed by atoms with Crippen molar-refractivity contribution in [3.63, 3.8) is 0 Å². The van der Waals surface area contributed by atoms with E-state index in [4.69, 9.17) is 4.98 Å². The van der Waals surface area contributed by atoms with Crippen molar-refractivity contribution in [2.75, 3.05) is 0 Å². The molecule has 0 bridgehead atoms. The first-order chi connectivity index (χ1) is 13.8. The van der Waals surface area contributed by atoms with E-state index in [1.165, 1.54) is 0 Å². The van der Waals surface area contributed by atoms with Gasteiger partial charge in [0.05, 0.1) is 11.4 Å². The highest BCUT2D eigenvalue weighted by molar-refractivity contribution is 7.99. The van der Waals surface area contributed by atoms with Crippen LogP contribution in [0.25, 0.3) is 22.5 Å². The highest BCUT2D eigenvalue weighted by Crippen LogP contribution is 2.37. The maximum absolute atomic E-state index is 10.7. The van der Waals surface area contributed by atoms with Crippen molar-refractivity contribution in [3.8, 4) is 22.5 Å². The molecule has 2 aromatic carbocycles. The number of hydrogen-bond donors (Lipinski definition) is 3. The van der Waals surface area contributed by atoms with Gasteiger partial charge in [-0.05, 0) is 6.42 Å². The Morgan fingerprint density at radius 2 is 1.68 bits per heavy atom. The summed E-state index contributed by atoms with van der Waals surface area (Å²) in [6.45, 7) is 2.06. The fourth-order valence-corrected chi connectivity index (χ4v) is 4.17. The molecule has 6 heteroatoms. The summed E-state index contributed by atoms with van der Waals surface area (Å²) in [6, 6.07) is 20.3. The standard InChI is InChI=1S/C22H22N4OS/c1-2-17(20(27)21-23-13-14-24-21)28-22-25-18(15-9-5-3-6-10-15)19(26-22)16-11-7-4-8-12-16/h3-14,17,20,27H,2H2,1H3,(H,23,24)(H,25,26).